The summed E-state index contributed by atoms with van der Waals surface area (Å²) < 4.78 is 0. The molecule has 0 aliphatic carbocycles. The largest absolute Gasteiger partial charge is 0.0654 e. The smallest absolute Gasteiger partial charge is 0.00797 e. The quantitative estimate of drug-likeness (QED) is 0.334. The second kappa shape index (κ2) is 14.2. The molecule has 0 aliphatic rings. The molecule has 0 saturated heterocycles. The Labute approximate surface area is 101 Å². The number of hydrogen-bond acceptors (Lipinski definition) is 0. The minimum absolute atomic E-state index is 1.37. The summed E-state index contributed by atoms with van der Waals surface area (Å²) in [6, 6.07) is 1.40. The van der Waals surface area contributed by atoms with E-state index in [0.717, 1.165) is 0 Å². The third-order valence-electron chi connectivity index (χ3n) is 3.10. The van der Waals surface area contributed by atoms with E-state index in [9.17, 15) is 0 Å². The lowest BCUT2D eigenvalue weighted by molar-refractivity contribution is 0.548. The average Bonchev–Trinajstić information content (AvgIpc) is 2.26. The van der Waals surface area contributed by atoms with E-state index in [-0.39, 0.29) is 0 Å². The minimum atomic E-state index is 1.37. The Morgan fingerprint density at radius 1 is 0.533 bits per heavy atom. The molecule has 0 bridgehead atoms. The van der Waals surface area contributed by atoms with Crippen molar-refractivity contribution in [3.63, 3.8) is 0 Å². The van der Waals surface area contributed by atoms with Crippen molar-refractivity contribution in [3.8, 4) is 0 Å². The first-order valence-electron chi connectivity index (χ1n) is 7.21. The summed E-state index contributed by atoms with van der Waals surface area (Å²) in [4.78, 5) is 0. The molecule has 0 nitrogen and oxygen atoms in total. The van der Waals surface area contributed by atoms with Crippen LogP contribution in [0.2, 0.25) is 6.04 Å². The van der Waals surface area contributed by atoms with E-state index in [1.54, 1.807) is 0 Å². The highest BCUT2D eigenvalue weighted by molar-refractivity contribution is 6.08. The Balaban J connectivity index is 2.81. The van der Waals surface area contributed by atoms with Gasteiger partial charge >= 0.3 is 0 Å². The normalized spacial score (nSPS) is 10.8. The van der Waals surface area contributed by atoms with Gasteiger partial charge in [-0.1, -0.05) is 90.0 Å². The summed E-state index contributed by atoms with van der Waals surface area (Å²) in [7, 11) is 2.11. The lowest BCUT2D eigenvalue weighted by Crippen LogP contribution is -1.82. The molecule has 0 saturated carbocycles. The van der Waals surface area contributed by atoms with Gasteiger partial charge in [0.1, 0.15) is 0 Å². The van der Waals surface area contributed by atoms with E-state index in [2.05, 4.69) is 17.2 Å². The summed E-state index contributed by atoms with van der Waals surface area (Å²) in [6.45, 7) is 2.29. The van der Waals surface area contributed by atoms with Crippen molar-refractivity contribution in [1.29, 1.82) is 0 Å². The number of unbranched alkanes of at least 4 members (excludes halogenated alkanes) is 11. The summed E-state index contributed by atoms with van der Waals surface area (Å²) in [5.41, 5.74) is 0. The Hall–Kier alpha value is 0.217. The van der Waals surface area contributed by atoms with Gasteiger partial charge in [0.05, 0.1) is 0 Å². The molecule has 0 spiro atoms. The van der Waals surface area contributed by atoms with Gasteiger partial charge in [-0.2, -0.15) is 0 Å². The van der Waals surface area contributed by atoms with Crippen molar-refractivity contribution in [2.24, 2.45) is 0 Å². The van der Waals surface area contributed by atoms with Gasteiger partial charge in [0.25, 0.3) is 0 Å². The van der Waals surface area contributed by atoms with Gasteiger partial charge in [-0.15, -0.1) is 0 Å². The number of hydrogen-bond donors (Lipinski definition) is 0. The fourth-order valence-electron chi connectivity index (χ4n) is 2.02. The van der Waals surface area contributed by atoms with Crippen LogP contribution in [0.4, 0.5) is 0 Å². The van der Waals surface area contributed by atoms with E-state index in [4.69, 9.17) is 0 Å². The Kier molecular flexibility index (Phi) is 14.4. The van der Waals surface area contributed by atoms with Gasteiger partial charge in [-0.25, -0.2) is 0 Å². The topological polar surface area (TPSA) is 0 Å². The predicted molar refractivity (Wildman–Crippen MR) is 74.4 cm³/mol. The summed E-state index contributed by atoms with van der Waals surface area (Å²) >= 11 is 0. The third kappa shape index (κ3) is 14.2. The summed E-state index contributed by atoms with van der Waals surface area (Å²) in [5, 5.41) is 0. The lowest BCUT2D eigenvalue weighted by atomic mass is 10.1. The van der Waals surface area contributed by atoms with E-state index < -0.39 is 0 Å². The molecule has 15 heavy (non-hydrogen) atoms. The Morgan fingerprint density at radius 3 is 1.20 bits per heavy atom. The van der Waals surface area contributed by atoms with Crippen molar-refractivity contribution in [3.05, 3.63) is 0 Å². The molecule has 0 amide bonds. The first kappa shape index (κ1) is 15.2. The van der Waals surface area contributed by atoms with E-state index in [0.29, 0.717) is 0 Å². The van der Waals surface area contributed by atoms with Crippen molar-refractivity contribution in [1.82, 2.24) is 0 Å². The maximum absolute atomic E-state index is 2.29. The standard InChI is InChI=1S/C14H31Si/c1-2-3-4-5-6-7-8-9-10-11-12-13-14-15/h2-15H2,1H3. The first-order valence-corrected chi connectivity index (χ1v) is 8.21. The van der Waals surface area contributed by atoms with Crippen molar-refractivity contribution in [2.75, 3.05) is 0 Å². The SMILES string of the molecule is CCCCCCCCCCCCCC[SiH2]. The minimum Gasteiger partial charge on any atom is -0.0654 e. The lowest BCUT2D eigenvalue weighted by Gasteiger charge is -2.01. The molecule has 0 N–H and O–H groups in total. The highest BCUT2D eigenvalue weighted by atomic mass is 28.1. The molecule has 0 heterocycles. The van der Waals surface area contributed by atoms with Crippen LogP contribution in [0.25, 0.3) is 0 Å². The maximum Gasteiger partial charge on any atom is 0.00797 e. The van der Waals surface area contributed by atoms with Crippen LogP contribution < -0.4 is 0 Å². The van der Waals surface area contributed by atoms with Crippen LogP contribution >= 0.6 is 0 Å². The molecule has 0 unspecified atom stereocenters. The molecule has 0 atom stereocenters. The molecular weight excluding hydrogens is 196 g/mol. The highest BCUT2D eigenvalue weighted by Crippen LogP contribution is 2.11. The average molecular weight is 227 g/mol. The van der Waals surface area contributed by atoms with E-state index in [1.165, 1.54) is 83.1 Å². The fraction of sp³-hybridized carbons (Fsp3) is 1.00. The van der Waals surface area contributed by atoms with Crippen LogP contribution in [0.1, 0.15) is 84.0 Å². The van der Waals surface area contributed by atoms with E-state index in [1.807, 2.05) is 0 Å². The van der Waals surface area contributed by atoms with Gasteiger partial charge in [-0.3, -0.25) is 0 Å². The zero-order chi connectivity index (χ0) is 11.2. The molecule has 0 aromatic carbocycles. The van der Waals surface area contributed by atoms with Crippen LogP contribution in [-0.4, -0.2) is 10.2 Å². The van der Waals surface area contributed by atoms with Gasteiger partial charge < -0.3 is 0 Å². The van der Waals surface area contributed by atoms with Crippen molar-refractivity contribution < 1.29 is 0 Å². The van der Waals surface area contributed by atoms with Crippen LogP contribution in [0.15, 0.2) is 0 Å². The molecule has 0 fully saturated rings. The fourth-order valence-corrected chi connectivity index (χ4v) is 2.37. The molecule has 1 heteroatoms. The molecule has 0 rings (SSSR count). The molecular formula is C14H31Si. The monoisotopic (exact) mass is 227 g/mol. The zero-order valence-corrected chi connectivity index (χ0v) is 12.3. The molecule has 0 aromatic heterocycles. The first-order chi connectivity index (χ1) is 7.41. The second-order valence-corrected chi connectivity index (χ2v) is 5.45. The van der Waals surface area contributed by atoms with Crippen LogP contribution in [0.5, 0.6) is 0 Å². The number of rotatable bonds is 12. The second-order valence-electron chi connectivity index (χ2n) is 4.74. The predicted octanol–water partition coefficient (Wildman–Crippen LogP) is 4.74. The van der Waals surface area contributed by atoms with Gasteiger partial charge in [0.2, 0.25) is 0 Å². The maximum atomic E-state index is 2.29. The van der Waals surface area contributed by atoms with E-state index >= 15 is 0 Å². The molecule has 1 radical (unpaired) electrons. The van der Waals surface area contributed by atoms with Crippen molar-refractivity contribution >= 4 is 10.2 Å². The summed E-state index contributed by atoms with van der Waals surface area (Å²) in [6.07, 6.45) is 17.6. The third-order valence-corrected chi connectivity index (χ3v) is 3.60. The molecule has 91 valence electrons. The Bertz CT molecular complexity index is 89.5. The summed E-state index contributed by atoms with van der Waals surface area (Å²) in [5.74, 6) is 0. The van der Waals surface area contributed by atoms with Gasteiger partial charge in [0, 0.05) is 10.2 Å². The highest BCUT2D eigenvalue weighted by Gasteiger charge is 1.92. The van der Waals surface area contributed by atoms with Gasteiger partial charge in [0.15, 0.2) is 0 Å². The Morgan fingerprint density at radius 2 is 0.867 bits per heavy atom. The molecule has 0 aromatic rings. The van der Waals surface area contributed by atoms with Crippen LogP contribution in [0, 0.1) is 0 Å². The van der Waals surface area contributed by atoms with Gasteiger partial charge in [-0.05, 0) is 0 Å². The zero-order valence-electron chi connectivity index (χ0n) is 10.9. The van der Waals surface area contributed by atoms with Crippen molar-refractivity contribution in [2.45, 2.75) is 90.0 Å². The van der Waals surface area contributed by atoms with Crippen LogP contribution in [-0.2, 0) is 0 Å². The molecule has 0 aliphatic heterocycles. The van der Waals surface area contributed by atoms with Crippen LogP contribution in [0.3, 0.4) is 0 Å².